The molecule has 2 N–H and O–H groups in total. The molecular weight excluding hydrogens is 344 g/mol. The number of imidazole rings is 1. The number of benzene rings is 1. The average molecular weight is 377 g/mol. The summed E-state index contributed by atoms with van der Waals surface area (Å²) in [6.07, 6.45) is 5.87. The average Bonchev–Trinajstić information content (AvgIpc) is 3.02. The lowest BCUT2D eigenvalue weighted by molar-refractivity contribution is 0.0937. The van der Waals surface area contributed by atoms with Crippen LogP contribution in [0.25, 0.3) is 16.9 Å². The summed E-state index contributed by atoms with van der Waals surface area (Å²) in [6.45, 7) is 10.1. The van der Waals surface area contributed by atoms with Crippen molar-refractivity contribution in [3.63, 3.8) is 0 Å². The molecule has 148 valence electrons. The van der Waals surface area contributed by atoms with E-state index in [1.807, 2.05) is 18.3 Å². The molecule has 4 nitrogen and oxygen atoms in total. The molecule has 0 saturated carbocycles. The molecule has 0 amide bonds. The van der Waals surface area contributed by atoms with Crippen LogP contribution < -0.4 is 5.73 Å². The number of rotatable bonds is 4. The summed E-state index contributed by atoms with van der Waals surface area (Å²) < 4.78 is 2.19. The van der Waals surface area contributed by atoms with Crippen LogP contribution in [0.4, 0.5) is 5.69 Å². The first kappa shape index (κ1) is 19.0. The Morgan fingerprint density at radius 1 is 1.04 bits per heavy atom. The first-order valence-corrected chi connectivity index (χ1v) is 10.6. The van der Waals surface area contributed by atoms with E-state index < -0.39 is 0 Å². The molecule has 3 heterocycles. The van der Waals surface area contributed by atoms with Crippen molar-refractivity contribution in [1.29, 1.82) is 0 Å². The number of likely N-dealkylation sites (tertiary alicyclic amines) is 1. The van der Waals surface area contributed by atoms with E-state index in [0.29, 0.717) is 18.0 Å². The predicted octanol–water partition coefficient (Wildman–Crippen LogP) is 5.47. The number of nitrogens with zero attached hydrogens (tertiary/aromatic N) is 3. The van der Waals surface area contributed by atoms with E-state index in [2.05, 4.69) is 61.3 Å². The highest BCUT2D eigenvalue weighted by atomic mass is 15.2. The van der Waals surface area contributed by atoms with Crippen molar-refractivity contribution >= 4 is 11.3 Å². The van der Waals surface area contributed by atoms with E-state index in [1.165, 1.54) is 36.1 Å². The summed E-state index contributed by atoms with van der Waals surface area (Å²) in [5, 5.41) is 0. The van der Waals surface area contributed by atoms with Crippen molar-refractivity contribution in [3.8, 4) is 11.3 Å². The maximum Gasteiger partial charge on any atom is 0.137 e. The molecule has 0 spiro atoms. The van der Waals surface area contributed by atoms with Crippen molar-refractivity contribution in [2.75, 3.05) is 5.73 Å². The van der Waals surface area contributed by atoms with Gasteiger partial charge < -0.3 is 10.1 Å². The smallest absolute Gasteiger partial charge is 0.137 e. The van der Waals surface area contributed by atoms with Crippen LogP contribution in [-0.4, -0.2) is 26.4 Å². The third kappa shape index (κ3) is 3.53. The van der Waals surface area contributed by atoms with Gasteiger partial charge in [0.25, 0.3) is 0 Å². The Morgan fingerprint density at radius 2 is 1.71 bits per heavy atom. The van der Waals surface area contributed by atoms with Gasteiger partial charge in [0.2, 0.25) is 0 Å². The van der Waals surface area contributed by atoms with Crippen molar-refractivity contribution in [2.45, 2.75) is 71.5 Å². The molecule has 4 rings (SSSR count). The van der Waals surface area contributed by atoms with Crippen LogP contribution in [0.1, 0.15) is 64.1 Å². The topological polar surface area (TPSA) is 46.6 Å². The fraction of sp³-hybridized carbons (Fsp3) is 0.458. The Labute approximate surface area is 168 Å². The molecule has 0 aliphatic carbocycles. The summed E-state index contributed by atoms with van der Waals surface area (Å²) in [6, 6.07) is 14.0. The largest absolute Gasteiger partial charge is 0.398 e. The predicted molar refractivity (Wildman–Crippen MR) is 117 cm³/mol. The van der Waals surface area contributed by atoms with E-state index in [4.69, 9.17) is 10.7 Å². The number of hydrogen-bond acceptors (Lipinski definition) is 3. The molecule has 2 atom stereocenters. The molecule has 1 aromatic carbocycles. The number of anilines is 1. The Kier molecular flexibility index (Phi) is 5.15. The Balaban J connectivity index is 1.80. The molecular formula is C24H32N4. The second-order valence-electron chi connectivity index (χ2n) is 8.68. The molecule has 2 unspecified atom stereocenters. The highest BCUT2D eigenvalue weighted by Gasteiger charge is 2.27. The second kappa shape index (κ2) is 7.59. The quantitative estimate of drug-likeness (QED) is 0.657. The van der Waals surface area contributed by atoms with Crippen LogP contribution in [0.2, 0.25) is 0 Å². The van der Waals surface area contributed by atoms with Crippen molar-refractivity contribution in [2.24, 2.45) is 0 Å². The van der Waals surface area contributed by atoms with E-state index in [0.717, 1.165) is 23.6 Å². The molecule has 3 aromatic rings. The minimum absolute atomic E-state index is 0.532. The zero-order valence-corrected chi connectivity index (χ0v) is 17.5. The number of fused-ring (bicyclic) bond motifs is 1. The Bertz CT molecular complexity index is 945. The standard InChI is InChI=1S/C24H32N4/c1-16(2)19-8-10-20(11-9-19)24-22(15-27-17(3)6-5-7-18(27)4)28-14-21(25)12-13-23(28)26-24/h8-14,16-18H,5-7,15,25H2,1-4H3. The van der Waals surface area contributed by atoms with Crippen molar-refractivity contribution in [3.05, 3.63) is 53.9 Å². The van der Waals surface area contributed by atoms with Gasteiger partial charge in [-0.25, -0.2) is 4.98 Å². The molecule has 2 aromatic heterocycles. The first-order chi connectivity index (χ1) is 13.4. The maximum absolute atomic E-state index is 6.12. The van der Waals surface area contributed by atoms with E-state index in [-0.39, 0.29) is 0 Å². The fourth-order valence-corrected chi connectivity index (χ4v) is 4.48. The summed E-state index contributed by atoms with van der Waals surface area (Å²) in [7, 11) is 0. The molecule has 0 bridgehead atoms. The van der Waals surface area contributed by atoms with E-state index in [1.54, 1.807) is 0 Å². The normalized spacial score (nSPS) is 20.9. The van der Waals surface area contributed by atoms with Gasteiger partial charge in [0.1, 0.15) is 5.65 Å². The van der Waals surface area contributed by atoms with Crippen molar-refractivity contribution in [1.82, 2.24) is 14.3 Å². The van der Waals surface area contributed by atoms with Crippen LogP contribution >= 0.6 is 0 Å². The van der Waals surface area contributed by atoms with Gasteiger partial charge in [-0.05, 0) is 50.3 Å². The number of aromatic nitrogens is 2. The molecule has 28 heavy (non-hydrogen) atoms. The zero-order chi connectivity index (χ0) is 19.8. The molecule has 4 heteroatoms. The molecule has 1 aliphatic heterocycles. The molecule has 1 aliphatic rings. The Morgan fingerprint density at radius 3 is 2.36 bits per heavy atom. The van der Waals surface area contributed by atoms with Gasteiger partial charge in [0.05, 0.1) is 11.4 Å². The van der Waals surface area contributed by atoms with Gasteiger partial charge >= 0.3 is 0 Å². The maximum atomic E-state index is 6.12. The van der Waals surface area contributed by atoms with Gasteiger partial charge in [0, 0.05) is 36.1 Å². The lowest BCUT2D eigenvalue weighted by atomic mass is 9.96. The zero-order valence-electron chi connectivity index (χ0n) is 17.5. The van der Waals surface area contributed by atoms with E-state index >= 15 is 0 Å². The van der Waals surface area contributed by atoms with Crippen LogP contribution in [0.15, 0.2) is 42.6 Å². The monoisotopic (exact) mass is 376 g/mol. The summed E-state index contributed by atoms with van der Waals surface area (Å²) in [5.41, 5.74) is 12.7. The van der Waals surface area contributed by atoms with Crippen LogP contribution in [-0.2, 0) is 6.54 Å². The highest BCUT2D eigenvalue weighted by Crippen LogP contribution is 2.31. The first-order valence-electron chi connectivity index (χ1n) is 10.6. The van der Waals surface area contributed by atoms with Crippen molar-refractivity contribution < 1.29 is 0 Å². The van der Waals surface area contributed by atoms with E-state index in [9.17, 15) is 0 Å². The number of piperidine rings is 1. The second-order valence-corrected chi connectivity index (χ2v) is 8.68. The van der Waals surface area contributed by atoms with Crippen LogP contribution in [0.3, 0.4) is 0 Å². The van der Waals surface area contributed by atoms with Gasteiger partial charge in [-0.1, -0.05) is 44.5 Å². The third-order valence-electron chi connectivity index (χ3n) is 6.30. The summed E-state index contributed by atoms with van der Waals surface area (Å²) in [4.78, 5) is 7.62. The van der Waals surface area contributed by atoms with Gasteiger partial charge in [-0.2, -0.15) is 0 Å². The minimum atomic E-state index is 0.532. The molecule has 0 radical (unpaired) electrons. The third-order valence-corrected chi connectivity index (χ3v) is 6.30. The lowest BCUT2D eigenvalue weighted by Gasteiger charge is -2.39. The van der Waals surface area contributed by atoms with Crippen LogP contribution in [0.5, 0.6) is 0 Å². The molecule has 1 saturated heterocycles. The summed E-state index contributed by atoms with van der Waals surface area (Å²) in [5.74, 6) is 0.532. The van der Waals surface area contributed by atoms with Crippen LogP contribution in [0, 0.1) is 0 Å². The fourth-order valence-electron chi connectivity index (χ4n) is 4.48. The van der Waals surface area contributed by atoms with Gasteiger partial charge in [-0.15, -0.1) is 0 Å². The SMILES string of the molecule is CC(C)c1ccc(-c2nc3ccc(N)cn3c2CN2C(C)CCCC2C)cc1. The number of nitrogen functional groups attached to an aromatic ring is 1. The number of pyridine rings is 1. The lowest BCUT2D eigenvalue weighted by Crippen LogP contribution is -2.43. The summed E-state index contributed by atoms with van der Waals surface area (Å²) >= 11 is 0. The minimum Gasteiger partial charge on any atom is -0.398 e. The van der Waals surface area contributed by atoms with Gasteiger partial charge in [0.15, 0.2) is 0 Å². The van der Waals surface area contributed by atoms with Gasteiger partial charge in [-0.3, -0.25) is 4.90 Å². The number of hydrogen-bond donors (Lipinski definition) is 1. The number of nitrogens with two attached hydrogens (primary N) is 1. The molecule has 1 fully saturated rings. The Hall–Kier alpha value is -2.33. The highest BCUT2D eigenvalue weighted by molar-refractivity contribution is 5.67.